The number of aryl methyl sites for hydroxylation is 1. The van der Waals surface area contributed by atoms with Crippen LogP contribution in [0.15, 0.2) is 41.6 Å². The highest BCUT2D eigenvalue weighted by Gasteiger charge is 2.11. The Bertz CT molecular complexity index is 912. The van der Waals surface area contributed by atoms with Crippen molar-refractivity contribution in [1.29, 1.82) is 0 Å². The number of carbonyl (C=O) groups is 1. The molecule has 112 valence electrons. The van der Waals surface area contributed by atoms with E-state index < -0.39 is 5.91 Å². The van der Waals surface area contributed by atoms with Crippen molar-refractivity contribution in [3.8, 4) is 5.75 Å². The molecule has 8 nitrogen and oxygen atoms in total. The van der Waals surface area contributed by atoms with Crippen LogP contribution in [0.3, 0.4) is 0 Å². The molecular formula is C14H13N5O3. The lowest BCUT2D eigenvalue weighted by molar-refractivity contribution is -0.116. The lowest BCUT2D eigenvalue weighted by Gasteiger charge is -2.08. The van der Waals surface area contributed by atoms with E-state index in [1.54, 1.807) is 25.2 Å². The summed E-state index contributed by atoms with van der Waals surface area (Å²) in [7, 11) is 1.68. The third-order valence-electron chi connectivity index (χ3n) is 3.21. The molecule has 0 saturated carbocycles. The fourth-order valence-corrected chi connectivity index (χ4v) is 2.10. The van der Waals surface area contributed by atoms with Gasteiger partial charge in [-0.15, -0.1) is 0 Å². The molecule has 0 spiro atoms. The molecule has 3 aromatic rings. The van der Waals surface area contributed by atoms with Crippen molar-refractivity contribution >= 4 is 22.6 Å². The van der Waals surface area contributed by atoms with Crippen LogP contribution in [-0.4, -0.2) is 30.3 Å². The lowest BCUT2D eigenvalue weighted by atomic mass is 10.3. The number of rotatable bonds is 3. The number of hydrogen-bond acceptors (Lipinski definition) is 5. The number of phenols is 1. The van der Waals surface area contributed by atoms with Crippen LogP contribution in [0.4, 0.5) is 5.69 Å². The molecule has 2 N–H and O–H groups in total. The maximum atomic E-state index is 12.2. The van der Waals surface area contributed by atoms with Crippen molar-refractivity contribution < 1.29 is 9.90 Å². The minimum absolute atomic E-state index is 0.0379. The molecule has 2 heterocycles. The molecule has 0 fully saturated rings. The van der Waals surface area contributed by atoms with Crippen molar-refractivity contribution in [2.45, 2.75) is 6.54 Å². The van der Waals surface area contributed by atoms with Crippen LogP contribution in [0, 0.1) is 0 Å². The number of carbonyl (C=O) groups excluding carboxylic acids is 1. The smallest absolute Gasteiger partial charge is 0.264 e. The summed E-state index contributed by atoms with van der Waals surface area (Å²) >= 11 is 0. The molecule has 1 amide bonds. The van der Waals surface area contributed by atoms with Gasteiger partial charge in [0.05, 0.1) is 11.9 Å². The van der Waals surface area contributed by atoms with Gasteiger partial charge in [-0.25, -0.2) is 4.98 Å². The molecule has 0 aliphatic heterocycles. The number of nitrogens with zero attached hydrogens (tertiary/aromatic N) is 4. The zero-order chi connectivity index (χ0) is 15.7. The van der Waals surface area contributed by atoms with Gasteiger partial charge in [-0.2, -0.15) is 5.10 Å². The summed E-state index contributed by atoms with van der Waals surface area (Å²) < 4.78 is 2.68. The molecule has 0 aliphatic carbocycles. The van der Waals surface area contributed by atoms with Gasteiger partial charge in [-0.05, 0) is 12.1 Å². The second-order valence-corrected chi connectivity index (χ2v) is 4.75. The number of hydrogen-bond donors (Lipinski definition) is 2. The van der Waals surface area contributed by atoms with E-state index in [1.807, 2.05) is 0 Å². The zero-order valence-electron chi connectivity index (χ0n) is 11.7. The third kappa shape index (κ3) is 2.41. The predicted octanol–water partition coefficient (Wildman–Crippen LogP) is 0.474. The van der Waals surface area contributed by atoms with Gasteiger partial charge in [-0.3, -0.25) is 18.8 Å². The van der Waals surface area contributed by atoms with E-state index in [9.17, 15) is 14.7 Å². The molecule has 0 unspecified atom stereocenters. The van der Waals surface area contributed by atoms with Crippen LogP contribution >= 0.6 is 0 Å². The van der Waals surface area contributed by atoms with Gasteiger partial charge in [0.25, 0.3) is 5.56 Å². The fourth-order valence-electron chi connectivity index (χ4n) is 2.10. The van der Waals surface area contributed by atoms with Crippen LogP contribution in [0.5, 0.6) is 5.75 Å². The van der Waals surface area contributed by atoms with Crippen molar-refractivity contribution in [2.75, 3.05) is 5.32 Å². The number of phenolic OH excluding ortho intramolecular Hbond substituents is 1. The first kappa shape index (κ1) is 13.8. The normalized spacial score (nSPS) is 10.8. The molecule has 0 bridgehead atoms. The maximum absolute atomic E-state index is 12.2. The Hall–Kier alpha value is -3.16. The Morgan fingerprint density at radius 3 is 2.91 bits per heavy atom. The van der Waals surface area contributed by atoms with Crippen LogP contribution < -0.4 is 10.9 Å². The van der Waals surface area contributed by atoms with E-state index >= 15 is 0 Å². The molecule has 0 atom stereocenters. The highest BCUT2D eigenvalue weighted by molar-refractivity contribution is 5.92. The summed E-state index contributed by atoms with van der Waals surface area (Å²) in [4.78, 5) is 28.3. The summed E-state index contributed by atoms with van der Waals surface area (Å²) in [6.45, 7) is -0.203. The highest BCUT2D eigenvalue weighted by Crippen LogP contribution is 2.21. The Labute approximate surface area is 124 Å². The van der Waals surface area contributed by atoms with Gasteiger partial charge >= 0.3 is 0 Å². The number of benzene rings is 1. The van der Waals surface area contributed by atoms with E-state index in [2.05, 4.69) is 15.4 Å². The fraction of sp³-hybridized carbons (Fsp3) is 0.143. The summed E-state index contributed by atoms with van der Waals surface area (Å²) in [6.07, 6.45) is 2.72. The van der Waals surface area contributed by atoms with Crippen molar-refractivity contribution in [3.05, 3.63) is 47.1 Å². The van der Waals surface area contributed by atoms with Crippen molar-refractivity contribution in [1.82, 2.24) is 19.3 Å². The zero-order valence-corrected chi connectivity index (χ0v) is 11.7. The van der Waals surface area contributed by atoms with Crippen LogP contribution in [-0.2, 0) is 18.4 Å². The van der Waals surface area contributed by atoms with Gasteiger partial charge in [0.2, 0.25) is 5.91 Å². The second kappa shape index (κ2) is 5.32. The van der Waals surface area contributed by atoms with Crippen LogP contribution in [0.1, 0.15) is 0 Å². The maximum Gasteiger partial charge on any atom is 0.264 e. The standard InChI is InChI=1S/C14H13N5O3/c1-18-13-9(6-16-18)14(22)19(8-15-13)7-12(21)17-10-4-2-3-5-11(10)20/h2-6,8,20H,7H2,1H3,(H,17,21). The topological polar surface area (TPSA) is 102 Å². The van der Waals surface area contributed by atoms with Crippen LogP contribution in [0.25, 0.3) is 11.0 Å². The lowest BCUT2D eigenvalue weighted by Crippen LogP contribution is -2.27. The van der Waals surface area contributed by atoms with Crippen molar-refractivity contribution in [2.24, 2.45) is 7.05 Å². The van der Waals surface area contributed by atoms with Gasteiger partial charge in [0.15, 0.2) is 5.65 Å². The molecule has 1 aromatic carbocycles. The van der Waals surface area contributed by atoms with E-state index in [0.717, 1.165) is 0 Å². The Morgan fingerprint density at radius 2 is 2.14 bits per heavy atom. The van der Waals surface area contributed by atoms with Gasteiger partial charge in [0, 0.05) is 7.05 Å². The molecule has 2 aromatic heterocycles. The Balaban J connectivity index is 1.84. The van der Waals surface area contributed by atoms with Crippen LogP contribution in [0.2, 0.25) is 0 Å². The number of anilines is 1. The summed E-state index contributed by atoms with van der Waals surface area (Å²) in [5.41, 5.74) is 0.406. The number of aromatic nitrogens is 4. The number of aromatic hydroxyl groups is 1. The van der Waals surface area contributed by atoms with E-state index in [-0.39, 0.29) is 23.5 Å². The first-order chi connectivity index (χ1) is 10.6. The van der Waals surface area contributed by atoms with Gasteiger partial charge in [0.1, 0.15) is 24.0 Å². The van der Waals surface area contributed by atoms with Gasteiger partial charge in [-0.1, -0.05) is 12.1 Å². The third-order valence-corrected chi connectivity index (χ3v) is 3.21. The second-order valence-electron chi connectivity index (χ2n) is 4.75. The minimum atomic E-state index is -0.436. The SMILES string of the molecule is Cn1ncc2c(=O)n(CC(=O)Nc3ccccc3O)cnc21. The number of fused-ring (bicyclic) bond motifs is 1. The average molecular weight is 299 g/mol. The highest BCUT2D eigenvalue weighted by atomic mass is 16.3. The number of para-hydroxylation sites is 2. The molecule has 0 aliphatic rings. The molecule has 0 radical (unpaired) electrons. The monoisotopic (exact) mass is 299 g/mol. The predicted molar refractivity (Wildman–Crippen MR) is 79.5 cm³/mol. The van der Waals surface area contributed by atoms with Crippen molar-refractivity contribution in [3.63, 3.8) is 0 Å². The largest absolute Gasteiger partial charge is 0.506 e. The molecule has 0 saturated heterocycles. The van der Waals surface area contributed by atoms with E-state index in [1.165, 1.54) is 27.8 Å². The van der Waals surface area contributed by atoms with E-state index in [0.29, 0.717) is 11.0 Å². The molecular weight excluding hydrogens is 286 g/mol. The van der Waals surface area contributed by atoms with Gasteiger partial charge < -0.3 is 10.4 Å². The molecule has 3 rings (SSSR count). The summed E-state index contributed by atoms with van der Waals surface area (Å²) in [5, 5.41) is 16.5. The first-order valence-electron chi connectivity index (χ1n) is 6.51. The minimum Gasteiger partial charge on any atom is -0.506 e. The summed E-state index contributed by atoms with van der Waals surface area (Å²) in [5.74, 6) is -0.474. The average Bonchev–Trinajstić information content (AvgIpc) is 2.87. The van der Waals surface area contributed by atoms with E-state index in [4.69, 9.17) is 0 Å². The number of amides is 1. The number of nitrogens with one attached hydrogen (secondary N) is 1. The summed E-state index contributed by atoms with van der Waals surface area (Å²) in [6, 6.07) is 6.37. The first-order valence-corrected chi connectivity index (χ1v) is 6.51. The molecule has 22 heavy (non-hydrogen) atoms. The Morgan fingerprint density at radius 1 is 1.36 bits per heavy atom. The quantitative estimate of drug-likeness (QED) is 0.685. The molecule has 8 heteroatoms. The Kier molecular flexibility index (Phi) is 3.34.